The summed E-state index contributed by atoms with van der Waals surface area (Å²) in [5.41, 5.74) is 0.960. The Kier molecular flexibility index (Phi) is 2.80. The first-order valence-electron chi connectivity index (χ1n) is 4.44. The third-order valence-corrected chi connectivity index (χ3v) is 2.38. The van der Waals surface area contributed by atoms with Crippen molar-refractivity contribution in [2.75, 3.05) is 19.1 Å². The van der Waals surface area contributed by atoms with Crippen molar-refractivity contribution in [2.45, 2.75) is 18.9 Å². The van der Waals surface area contributed by atoms with Crippen molar-refractivity contribution in [3.05, 3.63) is 11.9 Å². The highest BCUT2D eigenvalue weighted by molar-refractivity contribution is 6.17. The van der Waals surface area contributed by atoms with Crippen LogP contribution in [0, 0.1) is 0 Å². The first-order valence-corrected chi connectivity index (χ1v) is 4.98. The van der Waals surface area contributed by atoms with Gasteiger partial charge in [-0.3, -0.25) is 0 Å². The van der Waals surface area contributed by atoms with Crippen molar-refractivity contribution in [1.29, 1.82) is 0 Å². The lowest BCUT2D eigenvalue weighted by molar-refractivity contribution is 0.184. The summed E-state index contributed by atoms with van der Waals surface area (Å²) in [5.74, 6) is 0.597. The molecular formula is C8H12ClN3O. The van der Waals surface area contributed by atoms with E-state index in [4.69, 9.17) is 16.3 Å². The third-order valence-electron chi connectivity index (χ3n) is 2.19. The van der Waals surface area contributed by atoms with Crippen LogP contribution >= 0.6 is 11.6 Å². The van der Waals surface area contributed by atoms with Crippen LogP contribution in [-0.2, 0) is 11.2 Å². The largest absolute Gasteiger partial charge is 0.379 e. The summed E-state index contributed by atoms with van der Waals surface area (Å²) in [4.78, 5) is 0. The Bertz CT molecular complexity index is 270. The van der Waals surface area contributed by atoms with E-state index < -0.39 is 0 Å². The Labute approximate surface area is 81.8 Å². The van der Waals surface area contributed by atoms with Gasteiger partial charge in [-0.05, 0) is 6.42 Å². The Morgan fingerprint density at radius 3 is 3.31 bits per heavy atom. The molecular weight excluding hydrogens is 190 g/mol. The number of halogens is 1. The van der Waals surface area contributed by atoms with Crippen molar-refractivity contribution < 1.29 is 4.74 Å². The SMILES string of the molecule is ClCCc1cn(C2CCOC2)nn1. The third kappa shape index (κ3) is 2.00. The van der Waals surface area contributed by atoms with Crippen molar-refractivity contribution in [3.63, 3.8) is 0 Å². The lowest BCUT2D eigenvalue weighted by Gasteiger charge is -2.04. The zero-order chi connectivity index (χ0) is 9.10. The molecule has 0 radical (unpaired) electrons. The van der Waals surface area contributed by atoms with Gasteiger partial charge in [0, 0.05) is 25.1 Å². The minimum atomic E-state index is 0.372. The summed E-state index contributed by atoms with van der Waals surface area (Å²) in [6.07, 6.45) is 3.78. The fourth-order valence-corrected chi connectivity index (χ4v) is 1.63. The van der Waals surface area contributed by atoms with E-state index in [1.807, 2.05) is 10.9 Å². The van der Waals surface area contributed by atoms with Crippen LogP contribution < -0.4 is 0 Å². The van der Waals surface area contributed by atoms with Gasteiger partial charge in [0.2, 0.25) is 0 Å². The van der Waals surface area contributed by atoms with Crippen molar-refractivity contribution in [1.82, 2.24) is 15.0 Å². The molecule has 1 saturated heterocycles. The predicted molar refractivity (Wildman–Crippen MR) is 48.9 cm³/mol. The molecule has 1 aliphatic rings. The maximum Gasteiger partial charge on any atom is 0.0839 e. The lowest BCUT2D eigenvalue weighted by atomic mass is 10.3. The smallest absolute Gasteiger partial charge is 0.0839 e. The summed E-state index contributed by atoms with van der Waals surface area (Å²) >= 11 is 5.60. The number of nitrogens with zero attached hydrogens (tertiary/aromatic N) is 3. The summed E-state index contributed by atoms with van der Waals surface area (Å²) in [7, 11) is 0. The molecule has 4 nitrogen and oxygen atoms in total. The van der Waals surface area contributed by atoms with E-state index >= 15 is 0 Å². The number of aromatic nitrogens is 3. The average Bonchev–Trinajstić information content (AvgIpc) is 2.70. The molecule has 1 unspecified atom stereocenters. The van der Waals surface area contributed by atoms with Gasteiger partial charge >= 0.3 is 0 Å². The van der Waals surface area contributed by atoms with E-state index in [1.54, 1.807) is 0 Å². The molecule has 13 heavy (non-hydrogen) atoms. The maximum atomic E-state index is 5.60. The summed E-state index contributed by atoms with van der Waals surface area (Å²) in [6, 6.07) is 0.372. The highest BCUT2D eigenvalue weighted by atomic mass is 35.5. The van der Waals surface area contributed by atoms with Crippen LogP contribution in [0.3, 0.4) is 0 Å². The second-order valence-electron chi connectivity index (χ2n) is 3.15. The molecule has 0 saturated carbocycles. The summed E-state index contributed by atoms with van der Waals surface area (Å²) in [5, 5.41) is 8.07. The molecule has 2 rings (SSSR count). The molecule has 0 aliphatic carbocycles. The molecule has 72 valence electrons. The van der Waals surface area contributed by atoms with E-state index in [-0.39, 0.29) is 0 Å². The molecule has 1 fully saturated rings. The number of hydrogen-bond donors (Lipinski definition) is 0. The second-order valence-corrected chi connectivity index (χ2v) is 3.52. The molecule has 2 heterocycles. The van der Waals surface area contributed by atoms with Gasteiger partial charge in [-0.2, -0.15) is 0 Å². The number of ether oxygens (including phenoxy) is 1. The fraction of sp³-hybridized carbons (Fsp3) is 0.750. The molecule has 0 spiro atoms. The molecule has 0 amide bonds. The molecule has 1 aromatic rings. The zero-order valence-electron chi connectivity index (χ0n) is 7.32. The molecule has 0 aromatic carbocycles. The first-order chi connectivity index (χ1) is 6.40. The Morgan fingerprint density at radius 1 is 1.69 bits per heavy atom. The van der Waals surface area contributed by atoms with Gasteiger partial charge in [-0.15, -0.1) is 16.7 Å². The van der Waals surface area contributed by atoms with E-state index in [2.05, 4.69) is 10.3 Å². The highest BCUT2D eigenvalue weighted by Gasteiger charge is 2.18. The van der Waals surface area contributed by atoms with Gasteiger partial charge in [-0.1, -0.05) is 5.21 Å². The Hall–Kier alpha value is -0.610. The van der Waals surface area contributed by atoms with Crippen LogP contribution in [0.25, 0.3) is 0 Å². The van der Waals surface area contributed by atoms with E-state index in [0.717, 1.165) is 31.7 Å². The normalized spacial score (nSPS) is 22.4. The van der Waals surface area contributed by atoms with Gasteiger partial charge in [0.15, 0.2) is 0 Å². The molecule has 1 atom stereocenters. The van der Waals surface area contributed by atoms with E-state index in [1.165, 1.54) is 0 Å². The zero-order valence-corrected chi connectivity index (χ0v) is 8.07. The van der Waals surface area contributed by atoms with Crippen LogP contribution in [0.1, 0.15) is 18.2 Å². The minimum Gasteiger partial charge on any atom is -0.379 e. The fourth-order valence-electron chi connectivity index (χ4n) is 1.43. The number of rotatable bonds is 3. The highest BCUT2D eigenvalue weighted by Crippen LogP contribution is 2.17. The Balaban J connectivity index is 2.03. The van der Waals surface area contributed by atoms with E-state index in [9.17, 15) is 0 Å². The quantitative estimate of drug-likeness (QED) is 0.686. The van der Waals surface area contributed by atoms with Gasteiger partial charge in [0.25, 0.3) is 0 Å². The van der Waals surface area contributed by atoms with Crippen LogP contribution in [0.4, 0.5) is 0 Å². The molecule has 5 heteroatoms. The van der Waals surface area contributed by atoms with Gasteiger partial charge in [0.1, 0.15) is 0 Å². The maximum absolute atomic E-state index is 5.60. The number of alkyl halides is 1. The van der Waals surface area contributed by atoms with Crippen LogP contribution in [0.5, 0.6) is 0 Å². The van der Waals surface area contributed by atoms with Crippen LogP contribution in [0.2, 0.25) is 0 Å². The van der Waals surface area contributed by atoms with Gasteiger partial charge < -0.3 is 4.74 Å². The predicted octanol–water partition coefficient (Wildman–Crippen LogP) is 1.02. The topological polar surface area (TPSA) is 39.9 Å². The monoisotopic (exact) mass is 201 g/mol. The average molecular weight is 202 g/mol. The van der Waals surface area contributed by atoms with Gasteiger partial charge in [-0.25, -0.2) is 4.68 Å². The molecule has 0 bridgehead atoms. The summed E-state index contributed by atoms with van der Waals surface area (Å²) < 4.78 is 7.15. The first kappa shape index (κ1) is 8.97. The number of hydrogen-bond acceptors (Lipinski definition) is 3. The molecule has 1 aromatic heterocycles. The summed E-state index contributed by atoms with van der Waals surface area (Å²) in [6.45, 7) is 1.58. The lowest BCUT2D eigenvalue weighted by Crippen LogP contribution is -2.08. The van der Waals surface area contributed by atoms with Crippen molar-refractivity contribution in [2.24, 2.45) is 0 Å². The van der Waals surface area contributed by atoms with Gasteiger partial charge in [0.05, 0.1) is 18.3 Å². The second kappa shape index (κ2) is 4.07. The van der Waals surface area contributed by atoms with Crippen molar-refractivity contribution in [3.8, 4) is 0 Å². The van der Waals surface area contributed by atoms with Crippen LogP contribution in [-0.4, -0.2) is 34.1 Å². The van der Waals surface area contributed by atoms with E-state index in [0.29, 0.717) is 11.9 Å². The van der Waals surface area contributed by atoms with Crippen molar-refractivity contribution >= 4 is 11.6 Å². The standard InChI is InChI=1S/C8H12ClN3O/c9-3-1-7-5-12(11-10-7)8-2-4-13-6-8/h5,8H,1-4,6H2. The number of aryl methyl sites for hydroxylation is 1. The Morgan fingerprint density at radius 2 is 2.62 bits per heavy atom. The molecule has 1 aliphatic heterocycles. The molecule has 0 N–H and O–H groups in total. The van der Waals surface area contributed by atoms with Crippen LogP contribution in [0.15, 0.2) is 6.20 Å². The minimum absolute atomic E-state index is 0.372.